The number of halogens is 3. The van der Waals surface area contributed by atoms with E-state index in [-0.39, 0.29) is 12.2 Å². The van der Waals surface area contributed by atoms with Crippen molar-refractivity contribution in [3.63, 3.8) is 0 Å². The number of fused-ring (bicyclic) bond motifs is 1. The normalized spacial score (nSPS) is 14.1. The van der Waals surface area contributed by atoms with Crippen LogP contribution in [-0.4, -0.2) is 11.1 Å². The second-order valence-corrected chi connectivity index (χ2v) is 7.98. The molecule has 0 heterocycles. The van der Waals surface area contributed by atoms with Crippen molar-refractivity contribution in [3.8, 4) is 11.5 Å². The molecule has 0 aliphatic heterocycles. The largest absolute Gasteiger partial charge is 0.481 e. The lowest BCUT2D eigenvalue weighted by atomic mass is 10.0. The van der Waals surface area contributed by atoms with Crippen molar-refractivity contribution in [1.29, 1.82) is 0 Å². The number of carbonyl (C=O) groups is 1. The summed E-state index contributed by atoms with van der Waals surface area (Å²) in [5.74, 6) is -0.133. The minimum absolute atomic E-state index is 0.157. The summed E-state index contributed by atoms with van der Waals surface area (Å²) >= 11 is 12.0. The highest BCUT2D eigenvalue weighted by atomic mass is 35.5. The van der Waals surface area contributed by atoms with E-state index in [2.05, 4.69) is 0 Å². The van der Waals surface area contributed by atoms with Crippen LogP contribution in [0.15, 0.2) is 66.2 Å². The summed E-state index contributed by atoms with van der Waals surface area (Å²) in [4.78, 5) is 11.3. The van der Waals surface area contributed by atoms with Gasteiger partial charge in [0.2, 0.25) is 0 Å². The molecule has 156 valence electrons. The molecule has 31 heavy (non-hydrogen) atoms. The predicted molar refractivity (Wildman–Crippen MR) is 122 cm³/mol. The molecule has 3 aromatic carbocycles. The van der Waals surface area contributed by atoms with Crippen LogP contribution in [-0.2, 0) is 4.79 Å². The van der Waals surface area contributed by atoms with E-state index in [4.69, 9.17) is 27.9 Å². The lowest BCUT2D eigenvalue weighted by Gasteiger charge is -2.08. The predicted octanol–water partition coefficient (Wildman–Crippen LogP) is 7.73. The second kappa shape index (κ2) is 8.58. The van der Waals surface area contributed by atoms with Crippen LogP contribution >= 0.6 is 23.2 Å². The minimum Gasteiger partial charge on any atom is -0.481 e. The number of allylic oxidation sites excluding steroid dienone is 2. The zero-order chi connectivity index (χ0) is 22.1. The molecule has 0 saturated carbocycles. The Bertz CT molecular complexity index is 1240. The molecule has 1 aliphatic rings. The Morgan fingerprint density at radius 2 is 1.68 bits per heavy atom. The Morgan fingerprint density at radius 3 is 2.35 bits per heavy atom. The van der Waals surface area contributed by atoms with Gasteiger partial charge in [-0.25, -0.2) is 4.39 Å². The number of carboxylic acids is 1. The van der Waals surface area contributed by atoms with E-state index in [1.165, 1.54) is 12.1 Å². The van der Waals surface area contributed by atoms with Gasteiger partial charge < -0.3 is 9.84 Å². The number of aliphatic carboxylic acids is 1. The van der Waals surface area contributed by atoms with Gasteiger partial charge in [0, 0.05) is 6.07 Å². The van der Waals surface area contributed by atoms with Crippen molar-refractivity contribution in [2.45, 2.75) is 13.3 Å². The zero-order valence-electron chi connectivity index (χ0n) is 16.5. The van der Waals surface area contributed by atoms with Gasteiger partial charge in [-0.05, 0) is 82.8 Å². The van der Waals surface area contributed by atoms with Gasteiger partial charge in [-0.2, -0.15) is 0 Å². The van der Waals surface area contributed by atoms with E-state index >= 15 is 0 Å². The Kier molecular flexibility index (Phi) is 5.86. The molecule has 1 aliphatic carbocycles. The number of hydrogen-bond acceptors (Lipinski definition) is 2. The lowest BCUT2D eigenvalue weighted by molar-refractivity contribution is -0.135. The first-order valence-electron chi connectivity index (χ1n) is 9.48. The third-order valence-corrected chi connectivity index (χ3v) is 5.84. The van der Waals surface area contributed by atoms with Gasteiger partial charge in [0.15, 0.2) is 0 Å². The fourth-order valence-electron chi connectivity index (χ4n) is 3.61. The van der Waals surface area contributed by atoms with Crippen LogP contribution in [0, 0.1) is 5.82 Å². The molecule has 0 amide bonds. The fraction of sp³-hybridized carbons (Fsp3) is 0.0800. The number of carboxylic acid groups (broad SMARTS) is 1. The SMILES string of the molecule is CC1=C(CC(=O)O)c2cc(F)ccc2/C1=C\c1ccc(Oc2ccc(Cl)c(Cl)c2)cc1. The van der Waals surface area contributed by atoms with Crippen LogP contribution in [0.2, 0.25) is 10.0 Å². The minimum atomic E-state index is -0.949. The molecule has 4 rings (SSSR count). The summed E-state index contributed by atoms with van der Waals surface area (Å²) in [6, 6.07) is 17.0. The monoisotopic (exact) mass is 454 g/mol. The Labute approximate surface area is 189 Å². The number of ether oxygens (including phenoxy) is 1. The van der Waals surface area contributed by atoms with E-state index in [0.29, 0.717) is 32.7 Å². The molecule has 1 N–H and O–H groups in total. The highest BCUT2D eigenvalue weighted by Gasteiger charge is 2.25. The first-order chi connectivity index (χ1) is 14.8. The Morgan fingerprint density at radius 1 is 0.968 bits per heavy atom. The summed E-state index contributed by atoms with van der Waals surface area (Å²) in [5.41, 5.74) is 4.70. The van der Waals surface area contributed by atoms with Crippen molar-refractivity contribution in [2.75, 3.05) is 0 Å². The third-order valence-electron chi connectivity index (χ3n) is 5.10. The van der Waals surface area contributed by atoms with Gasteiger partial charge in [0.25, 0.3) is 0 Å². The van der Waals surface area contributed by atoms with Crippen LogP contribution < -0.4 is 4.74 Å². The molecule has 0 fully saturated rings. The van der Waals surface area contributed by atoms with Crippen LogP contribution in [0.25, 0.3) is 17.2 Å². The van der Waals surface area contributed by atoms with E-state index < -0.39 is 5.97 Å². The first-order valence-corrected chi connectivity index (χ1v) is 10.2. The number of rotatable bonds is 5. The second-order valence-electron chi connectivity index (χ2n) is 7.17. The van der Waals surface area contributed by atoms with Gasteiger partial charge in [0.05, 0.1) is 16.5 Å². The van der Waals surface area contributed by atoms with Gasteiger partial charge in [-0.15, -0.1) is 0 Å². The third kappa shape index (κ3) is 4.50. The van der Waals surface area contributed by atoms with Gasteiger partial charge in [-0.3, -0.25) is 4.79 Å². The highest BCUT2D eigenvalue weighted by molar-refractivity contribution is 6.42. The molecule has 0 saturated heterocycles. The van der Waals surface area contributed by atoms with E-state index in [1.54, 1.807) is 24.3 Å². The van der Waals surface area contributed by atoms with Crippen LogP contribution in [0.4, 0.5) is 4.39 Å². The molecule has 3 aromatic rings. The van der Waals surface area contributed by atoms with Crippen molar-refractivity contribution >= 4 is 46.4 Å². The molecule has 0 unspecified atom stereocenters. The van der Waals surface area contributed by atoms with E-state index in [1.807, 2.05) is 37.3 Å². The van der Waals surface area contributed by atoms with Gasteiger partial charge in [0.1, 0.15) is 17.3 Å². The van der Waals surface area contributed by atoms with Crippen molar-refractivity contribution in [2.24, 2.45) is 0 Å². The van der Waals surface area contributed by atoms with Crippen molar-refractivity contribution in [1.82, 2.24) is 0 Å². The van der Waals surface area contributed by atoms with Crippen LogP contribution in [0.5, 0.6) is 11.5 Å². The molecule has 0 aromatic heterocycles. The van der Waals surface area contributed by atoms with Crippen LogP contribution in [0.1, 0.15) is 30.0 Å². The molecular weight excluding hydrogens is 438 g/mol. The number of benzene rings is 3. The van der Waals surface area contributed by atoms with Crippen molar-refractivity contribution in [3.05, 3.63) is 98.8 Å². The molecule has 0 bridgehead atoms. The maximum Gasteiger partial charge on any atom is 0.307 e. The Hall–Kier alpha value is -3.08. The smallest absolute Gasteiger partial charge is 0.307 e. The summed E-state index contributed by atoms with van der Waals surface area (Å²) in [5, 5.41) is 10.1. The summed E-state index contributed by atoms with van der Waals surface area (Å²) in [6.07, 6.45) is 1.81. The summed E-state index contributed by atoms with van der Waals surface area (Å²) < 4.78 is 19.6. The summed E-state index contributed by atoms with van der Waals surface area (Å²) in [6.45, 7) is 1.86. The molecule has 0 spiro atoms. The average molecular weight is 455 g/mol. The van der Waals surface area contributed by atoms with Gasteiger partial charge in [-0.1, -0.05) is 41.4 Å². The van der Waals surface area contributed by atoms with E-state index in [0.717, 1.165) is 22.3 Å². The molecular formula is C25H17Cl2FO3. The molecule has 0 atom stereocenters. The fourth-order valence-corrected chi connectivity index (χ4v) is 3.90. The average Bonchev–Trinajstić information content (AvgIpc) is 2.97. The summed E-state index contributed by atoms with van der Waals surface area (Å²) in [7, 11) is 0. The van der Waals surface area contributed by atoms with Crippen molar-refractivity contribution < 1.29 is 19.0 Å². The first kappa shape index (κ1) is 21.2. The Balaban J connectivity index is 1.64. The zero-order valence-corrected chi connectivity index (χ0v) is 18.0. The van der Waals surface area contributed by atoms with E-state index in [9.17, 15) is 14.3 Å². The maximum absolute atomic E-state index is 13.8. The van der Waals surface area contributed by atoms with Crippen LogP contribution in [0.3, 0.4) is 0 Å². The number of hydrogen-bond donors (Lipinski definition) is 1. The molecule has 0 radical (unpaired) electrons. The van der Waals surface area contributed by atoms with Gasteiger partial charge >= 0.3 is 5.97 Å². The molecule has 6 heteroatoms. The lowest BCUT2D eigenvalue weighted by Crippen LogP contribution is -1.97. The molecule has 3 nitrogen and oxygen atoms in total. The quantitative estimate of drug-likeness (QED) is 0.428. The standard InChI is InChI=1S/C25H17Cl2FO3/c1-14-20(19-8-4-16(28)11-22(19)21(14)13-25(29)30)10-15-2-5-17(6-3-15)31-18-7-9-23(26)24(27)12-18/h2-12H,13H2,1H3,(H,29,30)/b20-10-. The topological polar surface area (TPSA) is 46.5 Å². The maximum atomic E-state index is 13.8. The highest BCUT2D eigenvalue weighted by Crippen LogP contribution is 2.44.